The smallest absolute Gasteiger partial charge is 0.293 e. The zero-order valence-electron chi connectivity index (χ0n) is 34.4. The number of nitro benzene ring substituents is 1. The van der Waals surface area contributed by atoms with Gasteiger partial charge in [0.1, 0.15) is 17.2 Å². The number of likely N-dealkylation sites (N-methyl/N-ethyl adjacent to an activating group) is 1. The number of sulfonamides is 1. The molecule has 0 radical (unpaired) electrons. The maximum absolute atomic E-state index is 14.0. The van der Waals surface area contributed by atoms with Gasteiger partial charge < -0.3 is 24.6 Å². The minimum absolute atomic E-state index is 0.00331. The lowest BCUT2D eigenvalue weighted by Crippen LogP contribution is -2.46. The fourth-order valence-corrected chi connectivity index (χ4v) is 8.76. The molecule has 1 amide bonds. The largest absolute Gasteiger partial charge is 0.456 e. The molecule has 2 aliphatic heterocycles. The van der Waals surface area contributed by atoms with Gasteiger partial charge in [-0.05, 0) is 104 Å². The number of anilines is 2. The fraction of sp³-hybridized carbons (Fsp3) is 0.326. The summed E-state index contributed by atoms with van der Waals surface area (Å²) < 4.78 is 41.5. The minimum atomic E-state index is -4.55. The normalized spacial score (nSPS) is 15.1. The number of para-hydroxylation sites is 1. The van der Waals surface area contributed by atoms with Gasteiger partial charge in [0.25, 0.3) is 21.6 Å². The summed E-state index contributed by atoms with van der Waals surface area (Å²) in [5.41, 5.74) is 5.03. The lowest BCUT2D eigenvalue weighted by molar-refractivity contribution is -0.384. The van der Waals surface area contributed by atoms with Crippen LogP contribution in [0.2, 0.25) is 5.02 Å². The first-order valence-electron chi connectivity index (χ1n) is 20.5. The molecule has 320 valence electrons. The summed E-state index contributed by atoms with van der Waals surface area (Å²) >= 11 is 6.17. The number of ether oxygens (including phenoxy) is 2. The summed E-state index contributed by atoms with van der Waals surface area (Å²) in [4.78, 5) is 31.8. The molecule has 0 saturated carbocycles. The highest BCUT2D eigenvalue weighted by atomic mass is 35.5. The van der Waals surface area contributed by atoms with Crippen LogP contribution in [0.5, 0.6) is 11.5 Å². The van der Waals surface area contributed by atoms with Crippen LogP contribution in [0, 0.1) is 16.0 Å². The summed E-state index contributed by atoms with van der Waals surface area (Å²) in [6.07, 6.45) is 2.33. The van der Waals surface area contributed by atoms with E-state index >= 15 is 0 Å². The Balaban J connectivity index is 1.10. The van der Waals surface area contributed by atoms with Crippen LogP contribution in [0.4, 0.5) is 17.1 Å². The van der Waals surface area contributed by atoms with Crippen LogP contribution < -0.4 is 19.7 Å². The number of nitrogens with one attached hydrogen (secondary N) is 2. The SMILES string of the molecule is CN(C)CCc1ccccc1Oc1cc(N2CCN(Cc3ccccc3-c3ccc(Cl)cc3)CC2)ccc1C(=O)NS(=O)(=O)c1ccc(NCC2CCOCC2)c([N+](=O)[O-])c1. The third kappa shape index (κ3) is 11.3. The van der Waals surface area contributed by atoms with Crippen LogP contribution in [0.1, 0.15) is 34.3 Å². The summed E-state index contributed by atoms with van der Waals surface area (Å²) in [5, 5.41) is 15.9. The molecule has 61 heavy (non-hydrogen) atoms. The minimum Gasteiger partial charge on any atom is -0.456 e. The van der Waals surface area contributed by atoms with Gasteiger partial charge in [0.15, 0.2) is 0 Å². The molecule has 0 bridgehead atoms. The van der Waals surface area contributed by atoms with E-state index in [1.54, 1.807) is 18.2 Å². The van der Waals surface area contributed by atoms with Crippen molar-refractivity contribution >= 4 is 44.6 Å². The van der Waals surface area contributed by atoms with Crippen molar-refractivity contribution in [1.82, 2.24) is 14.5 Å². The van der Waals surface area contributed by atoms with Crippen LogP contribution in [-0.2, 0) is 27.7 Å². The van der Waals surface area contributed by atoms with Crippen LogP contribution in [0.15, 0.2) is 114 Å². The van der Waals surface area contributed by atoms with Crippen LogP contribution in [0.25, 0.3) is 11.1 Å². The van der Waals surface area contributed by atoms with Crippen molar-refractivity contribution in [3.63, 3.8) is 0 Å². The van der Waals surface area contributed by atoms with E-state index in [1.165, 1.54) is 23.3 Å². The Morgan fingerprint density at radius 3 is 2.31 bits per heavy atom. The molecular weight excluding hydrogens is 816 g/mol. The van der Waals surface area contributed by atoms with Gasteiger partial charge in [-0.2, -0.15) is 0 Å². The molecule has 2 heterocycles. The third-order valence-corrected chi connectivity index (χ3v) is 12.7. The number of amides is 1. The molecule has 0 aromatic heterocycles. The number of rotatable bonds is 16. The first-order valence-corrected chi connectivity index (χ1v) is 22.3. The number of benzene rings is 5. The number of carbonyl (C=O) groups excluding carboxylic acids is 1. The number of nitro groups is 1. The molecule has 5 aromatic carbocycles. The van der Waals surface area contributed by atoms with Crippen LogP contribution in [0.3, 0.4) is 0 Å². The zero-order valence-corrected chi connectivity index (χ0v) is 36.0. The highest BCUT2D eigenvalue weighted by Crippen LogP contribution is 2.34. The van der Waals surface area contributed by atoms with Crippen molar-refractivity contribution in [3.05, 3.63) is 141 Å². The van der Waals surface area contributed by atoms with Crippen LogP contribution >= 0.6 is 11.6 Å². The molecule has 2 saturated heterocycles. The van der Waals surface area contributed by atoms with Crippen molar-refractivity contribution in [3.8, 4) is 22.6 Å². The van der Waals surface area contributed by atoms with Crippen molar-refractivity contribution in [1.29, 1.82) is 0 Å². The van der Waals surface area contributed by atoms with E-state index in [1.807, 2.05) is 68.7 Å². The monoisotopic (exact) mass is 866 g/mol. The van der Waals surface area contributed by atoms with E-state index in [4.69, 9.17) is 21.1 Å². The lowest BCUT2D eigenvalue weighted by Gasteiger charge is -2.36. The van der Waals surface area contributed by atoms with Gasteiger partial charge in [0, 0.05) is 81.9 Å². The van der Waals surface area contributed by atoms with Crippen molar-refractivity contribution < 1.29 is 27.6 Å². The van der Waals surface area contributed by atoms with E-state index in [2.05, 4.69) is 42.9 Å². The number of halogens is 1. The predicted octanol–water partition coefficient (Wildman–Crippen LogP) is 8.09. The Kier molecular flexibility index (Phi) is 14.2. The van der Waals surface area contributed by atoms with Gasteiger partial charge in [-0.15, -0.1) is 0 Å². The van der Waals surface area contributed by atoms with Crippen LogP contribution in [-0.4, -0.2) is 95.6 Å². The van der Waals surface area contributed by atoms with E-state index in [0.717, 1.165) is 61.9 Å². The Bertz CT molecular complexity index is 2440. The molecule has 2 N–H and O–H groups in total. The standard InChI is InChI=1S/C46H51ClN6O7S/c1-50(2)22-19-35-7-4-6-10-44(35)60-45-29-38(52-25-23-51(24-26-52)32-36-8-3-5-9-40(36)34-11-13-37(47)14-12-34)15-17-41(45)46(54)49-61(57,58)39-16-18-42(43(30-39)53(55)56)48-31-33-20-27-59-28-21-33/h3-18,29-30,33,48H,19-28,31-32H2,1-2H3,(H,49,54). The molecule has 2 fully saturated rings. The van der Waals surface area contributed by atoms with E-state index in [0.29, 0.717) is 50.0 Å². The molecule has 7 rings (SSSR count). The van der Waals surface area contributed by atoms with Gasteiger partial charge in [0.05, 0.1) is 15.4 Å². The van der Waals surface area contributed by atoms with Crippen molar-refractivity contribution in [2.75, 3.05) is 76.8 Å². The first kappa shape index (κ1) is 43.6. The first-order chi connectivity index (χ1) is 29.4. The van der Waals surface area contributed by atoms with Crippen molar-refractivity contribution in [2.24, 2.45) is 5.92 Å². The molecule has 0 spiro atoms. The number of hydrogen-bond acceptors (Lipinski definition) is 11. The second kappa shape index (κ2) is 19.9. The number of hydrogen-bond donors (Lipinski definition) is 2. The van der Waals surface area contributed by atoms with E-state index < -0.39 is 31.4 Å². The summed E-state index contributed by atoms with van der Waals surface area (Å²) in [7, 11) is -0.576. The van der Waals surface area contributed by atoms with Gasteiger partial charge >= 0.3 is 0 Å². The highest BCUT2D eigenvalue weighted by molar-refractivity contribution is 7.90. The molecule has 15 heteroatoms. The Labute approximate surface area is 362 Å². The lowest BCUT2D eigenvalue weighted by atomic mass is 9.99. The molecule has 0 unspecified atom stereocenters. The van der Waals surface area contributed by atoms with E-state index in [9.17, 15) is 23.3 Å². The Morgan fingerprint density at radius 2 is 1.59 bits per heavy atom. The highest BCUT2D eigenvalue weighted by Gasteiger charge is 2.27. The number of piperazine rings is 1. The molecule has 0 aliphatic carbocycles. The molecule has 13 nitrogen and oxygen atoms in total. The molecule has 5 aromatic rings. The zero-order chi connectivity index (χ0) is 42.9. The maximum atomic E-state index is 14.0. The average molecular weight is 867 g/mol. The molecular formula is C46H51ClN6O7S. The molecule has 0 atom stereocenters. The Morgan fingerprint density at radius 1 is 0.885 bits per heavy atom. The van der Waals surface area contributed by atoms with Crippen molar-refractivity contribution in [2.45, 2.75) is 30.7 Å². The number of carbonyl (C=O) groups is 1. The number of nitrogens with zero attached hydrogens (tertiary/aromatic N) is 4. The quantitative estimate of drug-likeness (QED) is 0.0733. The summed E-state index contributed by atoms with van der Waals surface area (Å²) in [5.74, 6) is 0.0706. The maximum Gasteiger partial charge on any atom is 0.293 e. The second-order valence-corrected chi connectivity index (χ2v) is 17.8. The average Bonchev–Trinajstić information content (AvgIpc) is 3.26. The van der Waals surface area contributed by atoms with Gasteiger partial charge in [-0.25, -0.2) is 13.1 Å². The third-order valence-electron chi connectivity index (χ3n) is 11.2. The summed E-state index contributed by atoms with van der Waals surface area (Å²) in [6, 6.07) is 32.6. The summed E-state index contributed by atoms with van der Waals surface area (Å²) in [6.45, 7) is 6.27. The fourth-order valence-electron chi connectivity index (χ4n) is 7.65. The van der Waals surface area contributed by atoms with Gasteiger partial charge in [0.2, 0.25) is 0 Å². The van der Waals surface area contributed by atoms with E-state index in [-0.39, 0.29) is 22.9 Å². The Hall–Kier alpha value is -5.51. The molecule has 2 aliphatic rings. The topological polar surface area (TPSA) is 147 Å². The van der Waals surface area contributed by atoms with Gasteiger partial charge in [-0.3, -0.25) is 19.8 Å². The van der Waals surface area contributed by atoms with Gasteiger partial charge in [-0.1, -0.05) is 66.2 Å². The predicted molar refractivity (Wildman–Crippen MR) is 239 cm³/mol. The second-order valence-electron chi connectivity index (χ2n) is 15.7.